The maximum atomic E-state index is 11.7. The average molecular weight is 1960 g/mol. The topological polar surface area (TPSA) is 639 Å². The molecule has 750 valence electrons. The van der Waals surface area contributed by atoms with Crippen LogP contribution in [0.5, 0.6) is 11.5 Å². The number of carbonyl (C=O) groups excluding carboxylic acids is 9. The van der Waals surface area contributed by atoms with Gasteiger partial charge in [-0.1, -0.05) is 80.8 Å². The van der Waals surface area contributed by atoms with Crippen molar-refractivity contribution in [3.05, 3.63) is 166 Å². The van der Waals surface area contributed by atoms with Gasteiger partial charge in [-0.05, 0) is 153 Å². The van der Waals surface area contributed by atoms with Crippen LogP contribution in [-0.4, -0.2) is 219 Å². The maximum absolute atomic E-state index is 11.7. The van der Waals surface area contributed by atoms with E-state index in [-0.39, 0.29) is 124 Å². The lowest BCUT2D eigenvalue weighted by Crippen LogP contribution is -2.36. The first-order valence-electron chi connectivity index (χ1n) is 46.0. The van der Waals surface area contributed by atoms with E-state index in [0.717, 1.165) is 51.4 Å². The molecule has 6 atom stereocenters. The number of hydroxylamine groups is 2. The molecule has 2 unspecified atom stereocenters. The fourth-order valence-electron chi connectivity index (χ4n) is 14.5. The number of anilines is 1. The molecule has 1 saturated heterocycles. The van der Waals surface area contributed by atoms with E-state index in [9.17, 15) is 97.8 Å². The Morgan fingerprint density at radius 3 is 1.46 bits per heavy atom. The molecular formula is C101H122N15O24S+. The molecule has 5 heterocycles. The monoisotopic (exact) mass is 1960 g/mol. The third-order valence-electron chi connectivity index (χ3n) is 21.5. The number of rotatable bonds is 38. The van der Waals surface area contributed by atoms with E-state index in [1.165, 1.54) is 87.2 Å². The number of phenols is 2. The Hall–Kier alpha value is -15.1. The number of carbonyl (C=O) groups is 12. The second kappa shape index (κ2) is 59.9. The number of aliphatic carboxylic acids is 1. The summed E-state index contributed by atoms with van der Waals surface area (Å²) in [4.78, 5) is 176. The van der Waals surface area contributed by atoms with Crippen LogP contribution in [0.25, 0.3) is 78.0 Å². The SMILES string of the molecule is CC(=O)NCCCCCC(=O)ON1C(=O)CCC1=O.CCC#CCNC(=O)CCCN.CCC#CCNC(=O)CCCNC(=O)CCCCCNC(C)=O.NCCCC(=O)NCC#CC[S+](CC[C@H](N)C(=O)O)C[C@H]1C[C@@H](n2cnc3c(N)ncnc32)[C@@H](O)C1O.O=C(O)c1ccccc1-c1c2ccc(=O)cc-2oc2cc(O)ccc12.O=C(O)c1ccccc1-c1c2ccc(=O)cc-2oc2cc(O)ccc12. The number of amides is 8. The molecule has 6 aromatic rings. The van der Waals surface area contributed by atoms with Crippen LogP contribution in [-0.2, 0) is 63.7 Å². The van der Waals surface area contributed by atoms with Crippen LogP contribution in [0.3, 0.4) is 0 Å². The lowest BCUT2D eigenvalue weighted by atomic mass is 9.91. The van der Waals surface area contributed by atoms with Gasteiger partial charge in [0.05, 0.1) is 49.2 Å². The molecule has 12 rings (SSSR count). The summed E-state index contributed by atoms with van der Waals surface area (Å²) < 4.78 is 13.2. The zero-order chi connectivity index (χ0) is 103. The smallest absolute Gasteiger partial charge is 0.336 e. The van der Waals surface area contributed by atoms with Gasteiger partial charge in [0.1, 0.15) is 69.7 Å². The lowest BCUT2D eigenvalue weighted by Gasteiger charge is -2.18. The third kappa shape index (κ3) is 37.3. The first kappa shape index (κ1) is 113. The summed E-state index contributed by atoms with van der Waals surface area (Å²) in [7, 11) is -0.386. The number of phenolic OH excluding ortho intramolecular Hbond substituents is 2. The molecule has 8 amide bonds. The van der Waals surface area contributed by atoms with E-state index in [4.69, 9.17) is 41.7 Å². The summed E-state index contributed by atoms with van der Waals surface area (Å²) in [6.45, 7) is 10.7. The molecule has 3 aliphatic carbocycles. The van der Waals surface area contributed by atoms with Crippen molar-refractivity contribution in [3.8, 4) is 91.9 Å². The highest BCUT2D eigenvalue weighted by molar-refractivity contribution is 7.97. The van der Waals surface area contributed by atoms with Crippen LogP contribution in [0.1, 0.15) is 183 Å². The molecule has 3 aliphatic heterocycles. The van der Waals surface area contributed by atoms with Crippen LogP contribution < -0.4 is 65.7 Å². The highest BCUT2D eigenvalue weighted by Crippen LogP contribution is 2.44. The Morgan fingerprint density at radius 1 is 0.525 bits per heavy atom. The number of nitrogen functional groups attached to an aromatic ring is 1. The number of aromatic nitrogens is 4. The normalized spacial score (nSPS) is 14.1. The van der Waals surface area contributed by atoms with Crippen molar-refractivity contribution in [3.63, 3.8) is 0 Å². The number of aliphatic hydroxyl groups is 2. The van der Waals surface area contributed by atoms with Crippen LogP contribution >= 0.6 is 0 Å². The summed E-state index contributed by atoms with van der Waals surface area (Å²) in [6, 6.07) is 29.9. The number of unbranched alkanes of at least 4 members (excludes halogenated alkanes) is 4. The van der Waals surface area contributed by atoms with E-state index in [0.29, 0.717) is 198 Å². The molecule has 21 N–H and O–H groups in total. The number of carboxylic acid groups (broad SMARTS) is 3. The van der Waals surface area contributed by atoms with E-state index in [1.807, 2.05) is 13.8 Å². The average Bonchev–Trinajstić information content (AvgIpc) is 1.66. The van der Waals surface area contributed by atoms with Crippen LogP contribution in [0, 0.1) is 41.4 Å². The standard InChI is InChI=1S/C23H34N8O5S.2C20H12O5.C17H29N3O3.C12H18N2O5.C9H16N2O/c24-6-3-4-17(32)27-7-1-2-8-37(9-5-15(25)23(35)36)11-14-10-16(20(34)19(14)33)31-13-30-18-21(26)28-12-29-22(18)31;2*21-11-5-7-15-17(9-11)25-18-10-12(22)6-8-16(18)19(15)13-3-1-2-4-14(13)20(23)24;1-3-4-7-13-19-17(23)11-9-14-20-16(22)10-6-5-8-12-18-15(2)21;1-9(15)13-8-4-2-3-5-12(18)19-14-10(16)6-7-11(14)17;1-2-3-4-8-11-9(12)6-5-7-10/h12-16,19-20,33-34H,3-11,24-25H2,(H3-,26,27,28,29,32,35,36);2*1-10,21H,(H,23,24);3,5-6,8-14H2,1-2H3,(H,18,21)(H,19,23)(H,20,22);2-8H2,1H3,(H,13,15);2,5-8,10H2,1H3,(H,11,12)/p+1/t14-,15+,16-,19?,20-,37?;;;;;/m1...../s1. The lowest BCUT2D eigenvalue weighted by molar-refractivity contribution is -0.197. The minimum atomic E-state index is -1.07. The van der Waals surface area contributed by atoms with Crippen molar-refractivity contribution in [2.24, 2.45) is 23.1 Å². The fraction of sp³-hybridized carbons (Fsp3) is 0.396. The summed E-state index contributed by atoms with van der Waals surface area (Å²) in [5.41, 5.74) is 27.4. The number of nitrogens with one attached hydrogen (secondary N) is 6. The van der Waals surface area contributed by atoms with Crippen molar-refractivity contribution in [2.45, 2.75) is 180 Å². The number of fused-ring (bicyclic) bond motifs is 5. The van der Waals surface area contributed by atoms with E-state index in [1.54, 1.807) is 65.2 Å². The third-order valence-corrected chi connectivity index (χ3v) is 23.8. The predicted molar refractivity (Wildman–Crippen MR) is 531 cm³/mol. The summed E-state index contributed by atoms with van der Waals surface area (Å²) in [5, 5.41) is 87.6. The number of benzene rings is 6. The molecule has 4 aromatic carbocycles. The summed E-state index contributed by atoms with van der Waals surface area (Å²) in [6.07, 6.45) is 12.0. The Bertz CT molecular complexity index is 6020. The number of nitrogens with zero attached hydrogens (tertiary/aromatic N) is 5. The molecule has 0 spiro atoms. The van der Waals surface area contributed by atoms with E-state index >= 15 is 0 Å². The van der Waals surface area contributed by atoms with Gasteiger partial charge >= 0.3 is 23.9 Å². The quantitative estimate of drug-likeness (QED) is 0.00583. The van der Waals surface area contributed by atoms with Crippen molar-refractivity contribution in [2.75, 3.05) is 75.4 Å². The number of hydrogen-bond acceptors (Lipinski definition) is 28. The zero-order valence-electron chi connectivity index (χ0n) is 79.0. The number of hydrogen-bond donors (Lipinski definition) is 17. The molecular weight excluding hydrogens is 1840 g/mol. The summed E-state index contributed by atoms with van der Waals surface area (Å²) >= 11 is 0. The van der Waals surface area contributed by atoms with Crippen molar-refractivity contribution < 1.29 is 107 Å². The van der Waals surface area contributed by atoms with Gasteiger partial charge in [-0.15, -0.1) is 16.9 Å². The number of nitrogens with two attached hydrogens (primary N) is 4. The van der Waals surface area contributed by atoms with Gasteiger partial charge in [0.2, 0.25) is 35.4 Å². The van der Waals surface area contributed by atoms with Crippen LogP contribution in [0.15, 0.2) is 152 Å². The second-order valence-electron chi connectivity index (χ2n) is 32.3. The van der Waals surface area contributed by atoms with Crippen molar-refractivity contribution >= 4 is 121 Å². The number of aliphatic hydroxyl groups excluding tert-OH is 2. The van der Waals surface area contributed by atoms with Gasteiger partial charge in [-0.3, -0.25) is 52.7 Å². The Balaban J connectivity index is 0.000000236. The van der Waals surface area contributed by atoms with Crippen LogP contribution in [0.4, 0.5) is 5.82 Å². The van der Waals surface area contributed by atoms with Gasteiger partial charge in [-0.25, -0.2) is 29.3 Å². The minimum absolute atomic E-state index is 0.0127. The Labute approximate surface area is 816 Å². The molecule has 6 aliphatic rings. The minimum Gasteiger partial charge on any atom is -0.508 e. The highest BCUT2D eigenvalue weighted by atomic mass is 32.2. The summed E-state index contributed by atoms with van der Waals surface area (Å²) in [5.74, 6) is 14.8. The number of carboxylic acids is 3. The maximum Gasteiger partial charge on any atom is 0.336 e. The van der Waals surface area contributed by atoms with E-state index in [2.05, 4.69) is 82.4 Å². The van der Waals surface area contributed by atoms with Gasteiger partial charge in [0, 0.05) is 161 Å². The Kier molecular flexibility index (Phi) is 47.9. The zero-order valence-corrected chi connectivity index (χ0v) is 79.8. The van der Waals surface area contributed by atoms with Crippen molar-refractivity contribution in [1.29, 1.82) is 0 Å². The molecule has 40 heteroatoms. The molecule has 0 radical (unpaired) electrons. The predicted octanol–water partition coefficient (Wildman–Crippen LogP) is 7.56. The molecule has 141 heavy (non-hydrogen) atoms. The van der Waals surface area contributed by atoms with Gasteiger partial charge < -0.3 is 109 Å². The largest absolute Gasteiger partial charge is 0.508 e. The number of imidazole rings is 1. The van der Waals surface area contributed by atoms with E-state index < -0.39 is 60.0 Å². The number of aromatic hydroxyl groups is 2. The first-order valence-corrected chi connectivity index (χ1v) is 47.8. The van der Waals surface area contributed by atoms with Gasteiger partial charge in [0.15, 0.2) is 28.1 Å². The molecule has 2 fully saturated rings. The number of imide groups is 1. The van der Waals surface area contributed by atoms with Crippen LogP contribution in [0.2, 0.25) is 0 Å². The van der Waals surface area contributed by atoms with Gasteiger partial charge in [-0.2, -0.15) is 0 Å². The fourth-order valence-corrected chi connectivity index (χ4v) is 16.8. The Morgan fingerprint density at radius 2 is 0.986 bits per heavy atom. The molecule has 39 nitrogen and oxygen atoms in total. The van der Waals surface area contributed by atoms with Crippen molar-refractivity contribution in [1.82, 2.24) is 56.5 Å². The second-order valence-corrected chi connectivity index (χ2v) is 34.5. The highest BCUT2D eigenvalue weighted by Gasteiger charge is 2.46. The number of aromatic carboxylic acids is 2. The molecule has 1 saturated carbocycles. The molecule has 0 bridgehead atoms. The first-order chi connectivity index (χ1) is 67.7. The van der Waals surface area contributed by atoms with Gasteiger partial charge in [0.25, 0.3) is 11.8 Å². The molecule has 2 aromatic heterocycles.